The lowest BCUT2D eigenvalue weighted by atomic mass is 10.1. The number of ether oxygens (including phenoxy) is 1. The van der Waals surface area contributed by atoms with Gasteiger partial charge in [0, 0.05) is 12.2 Å². The summed E-state index contributed by atoms with van der Waals surface area (Å²) in [7, 11) is 0. The summed E-state index contributed by atoms with van der Waals surface area (Å²) < 4.78 is 5.44. The van der Waals surface area contributed by atoms with Gasteiger partial charge in [-0.2, -0.15) is 0 Å². The predicted molar refractivity (Wildman–Crippen MR) is 81.4 cm³/mol. The molecule has 1 aromatic rings. The van der Waals surface area contributed by atoms with Gasteiger partial charge in [0.15, 0.2) is 0 Å². The zero-order valence-electron chi connectivity index (χ0n) is 11.7. The number of anilines is 1. The summed E-state index contributed by atoms with van der Waals surface area (Å²) in [5, 5.41) is 0. The molecule has 2 N–H and O–H groups in total. The average molecular weight is 343 g/mol. The van der Waals surface area contributed by atoms with Gasteiger partial charge in [-0.1, -0.05) is 13.0 Å². The highest BCUT2D eigenvalue weighted by Gasteiger charge is 2.21. The topological polar surface area (TPSA) is 72.6 Å². The van der Waals surface area contributed by atoms with Gasteiger partial charge in [-0.15, -0.1) is 0 Å². The Morgan fingerprint density at radius 2 is 2.05 bits per heavy atom. The first-order valence-corrected chi connectivity index (χ1v) is 7.29. The van der Waals surface area contributed by atoms with Crippen molar-refractivity contribution in [3.63, 3.8) is 0 Å². The number of carbonyl (C=O) groups excluding carboxylic acids is 2. The standard InChI is InChI=1S/C14H19BrN2O3/c1-3-8-17(9-12(18)20-4-2)14(19)10-6-5-7-11(16)13(10)15/h5-7H,3-4,8-9,16H2,1-2H3. The van der Waals surface area contributed by atoms with Crippen molar-refractivity contribution in [3.05, 3.63) is 28.2 Å². The van der Waals surface area contributed by atoms with Crippen LogP contribution in [0.15, 0.2) is 22.7 Å². The number of hydrogen-bond donors (Lipinski definition) is 1. The summed E-state index contributed by atoms with van der Waals surface area (Å²) in [6, 6.07) is 5.09. The summed E-state index contributed by atoms with van der Waals surface area (Å²) in [6.07, 6.45) is 0.755. The Balaban J connectivity index is 2.93. The second-order valence-electron chi connectivity index (χ2n) is 4.24. The monoisotopic (exact) mass is 342 g/mol. The summed E-state index contributed by atoms with van der Waals surface area (Å²) in [6.45, 7) is 4.41. The van der Waals surface area contributed by atoms with Crippen molar-refractivity contribution in [1.29, 1.82) is 0 Å². The third-order valence-electron chi connectivity index (χ3n) is 2.67. The lowest BCUT2D eigenvalue weighted by Gasteiger charge is -2.22. The van der Waals surface area contributed by atoms with Gasteiger partial charge < -0.3 is 15.4 Å². The van der Waals surface area contributed by atoms with Gasteiger partial charge in [-0.25, -0.2) is 0 Å². The molecular formula is C14H19BrN2O3. The molecule has 0 fully saturated rings. The van der Waals surface area contributed by atoms with E-state index >= 15 is 0 Å². The lowest BCUT2D eigenvalue weighted by molar-refractivity contribution is -0.143. The van der Waals surface area contributed by atoms with Crippen LogP contribution in [-0.2, 0) is 9.53 Å². The van der Waals surface area contributed by atoms with Gasteiger partial charge >= 0.3 is 5.97 Å². The number of benzene rings is 1. The molecule has 0 spiro atoms. The molecule has 0 aromatic heterocycles. The van der Waals surface area contributed by atoms with Crippen LogP contribution in [0, 0.1) is 0 Å². The lowest BCUT2D eigenvalue weighted by Crippen LogP contribution is -2.37. The van der Waals surface area contributed by atoms with Crippen LogP contribution in [0.25, 0.3) is 0 Å². The molecule has 0 saturated heterocycles. The van der Waals surface area contributed by atoms with Crippen molar-refractivity contribution in [2.24, 2.45) is 0 Å². The van der Waals surface area contributed by atoms with Gasteiger partial charge in [0.1, 0.15) is 6.54 Å². The van der Waals surface area contributed by atoms with E-state index < -0.39 is 5.97 Å². The summed E-state index contributed by atoms with van der Waals surface area (Å²) >= 11 is 3.31. The third kappa shape index (κ3) is 4.23. The summed E-state index contributed by atoms with van der Waals surface area (Å²) in [5.74, 6) is -0.645. The quantitative estimate of drug-likeness (QED) is 0.636. The number of halogens is 1. The van der Waals surface area contributed by atoms with E-state index in [2.05, 4.69) is 15.9 Å². The molecule has 1 amide bonds. The molecule has 110 valence electrons. The normalized spacial score (nSPS) is 10.2. The maximum absolute atomic E-state index is 12.5. The maximum Gasteiger partial charge on any atom is 0.325 e. The van der Waals surface area contributed by atoms with Crippen molar-refractivity contribution in [3.8, 4) is 0 Å². The Morgan fingerprint density at radius 1 is 1.35 bits per heavy atom. The second-order valence-corrected chi connectivity index (χ2v) is 5.03. The fourth-order valence-electron chi connectivity index (χ4n) is 1.77. The van der Waals surface area contributed by atoms with Crippen LogP contribution in [-0.4, -0.2) is 36.5 Å². The number of rotatable bonds is 6. The van der Waals surface area contributed by atoms with Crippen LogP contribution < -0.4 is 5.73 Å². The Morgan fingerprint density at radius 3 is 2.65 bits per heavy atom. The van der Waals surface area contributed by atoms with E-state index in [0.717, 1.165) is 6.42 Å². The third-order valence-corrected chi connectivity index (χ3v) is 3.55. The largest absolute Gasteiger partial charge is 0.465 e. The fourth-order valence-corrected chi connectivity index (χ4v) is 2.20. The second kappa shape index (κ2) is 7.89. The van der Waals surface area contributed by atoms with E-state index in [9.17, 15) is 9.59 Å². The van der Waals surface area contributed by atoms with E-state index in [1.54, 1.807) is 25.1 Å². The van der Waals surface area contributed by atoms with Crippen LogP contribution in [0.2, 0.25) is 0 Å². The van der Waals surface area contributed by atoms with Crippen LogP contribution >= 0.6 is 15.9 Å². The van der Waals surface area contributed by atoms with Crippen LogP contribution in [0.3, 0.4) is 0 Å². The predicted octanol–water partition coefficient (Wildman–Crippen LogP) is 2.45. The number of carbonyl (C=O) groups is 2. The van der Waals surface area contributed by atoms with E-state index in [1.807, 2.05) is 6.92 Å². The van der Waals surface area contributed by atoms with Gasteiger partial charge in [-0.3, -0.25) is 9.59 Å². The molecule has 0 aliphatic heterocycles. The summed E-state index contributed by atoms with van der Waals surface area (Å²) in [5.41, 5.74) is 6.71. The smallest absolute Gasteiger partial charge is 0.325 e. The molecule has 0 atom stereocenters. The highest BCUT2D eigenvalue weighted by atomic mass is 79.9. The van der Waals surface area contributed by atoms with E-state index in [1.165, 1.54) is 4.90 Å². The summed E-state index contributed by atoms with van der Waals surface area (Å²) in [4.78, 5) is 25.5. The highest BCUT2D eigenvalue weighted by molar-refractivity contribution is 9.10. The van der Waals surface area contributed by atoms with E-state index in [-0.39, 0.29) is 12.5 Å². The SMILES string of the molecule is CCCN(CC(=O)OCC)C(=O)c1cccc(N)c1Br. The minimum absolute atomic E-state index is 0.0538. The molecular weight excluding hydrogens is 324 g/mol. The zero-order valence-corrected chi connectivity index (χ0v) is 13.3. The van der Waals surface area contributed by atoms with Crippen molar-refractivity contribution in [2.75, 3.05) is 25.4 Å². The Bertz CT molecular complexity index is 491. The van der Waals surface area contributed by atoms with Crippen molar-refractivity contribution < 1.29 is 14.3 Å². The van der Waals surface area contributed by atoms with Crippen LogP contribution in [0.5, 0.6) is 0 Å². The molecule has 0 aliphatic carbocycles. The molecule has 0 radical (unpaired) electrons. The molecule has 0 unspecified atom stereocenters. The average Bonchev–Trinajstić information content (AvgIpc) is 2.41. The number of nitrogens with zero attached hydrogens (tertiary/aromatic N) is 1. The number of esters is 1. The number of hydrogen-bond acceptors (Lipinski definition) is 4. The molecule has 20 heavy (non-hydrogen) atoms. The number of nitrogen functional groups attached to an aromatic ring is 1. The fraction of sp³-hybridized carbons (Fsp3) is 0.429. The zero-order chi connectivity index (χ0) is 15.1. The molecule has 0 aliphatic rings. The van der Waals surface area contributed by atoms with Gasteiger partial charge in [0.25, 0.3) is 5.91 Å². The minimum atomic E-state index is -0.408. The van der Waals surface area contributed by atoms with Crippen molar-refractivity contribution >= 4 is 33.5 Å². The molecule has 6 heteroatoms. The van der Waals surface area contributed by atoms with E-state index in [0.29, 0.717) is 28.9 Å². The molecule has 1 aromatic carbocycles. The minimum Gasteiger partial charge on any atom is -0.465 e. The first-order valence-electron chi connectivity index (χ1n) is 6.50. The Hall–Kier alpha value is -1.56. The van der Waals surface area contributed by atoms with E-state index in [4.69, 9.17) is 10.5 Å². The van der Waals surface area contributed by atoms with Crippen molar-refractivity contribution in [2.45, 2.75) is 20.3 Å². The Kier molecular flexibility index (Phi) is 6.51. The first kappa shape index (κ1) is 16.5. The first-order chi connectivity index (χ1) is 9.51. The van der Waals surface area contributed by atoms with Crippen molar-refractivity contribution in [1.82, 2.24) is 4.90 Å². The van der Waals surface area contributed by atoms with Crippen LogP contribution in [0.1, 0.15) is 30.6 Å². The molecule has 0 saturated carbocycles. The van der Waals surface area contributed by atoms with Crippen LogP contribution in [0.4, 0.5) is 5.69 Å². The number of amides is 1. The molecule has 5 nitrogen and oxygen atoms in total. The molecule has 0 bridgehead atoms. The molecule has 1 rings (SSSR count). The maximum atomic E-state index is 12.5. The van der Waals surface area contributed by atoms with Gasteiger partial charge in [-0.05, 0) is 41.4 Å². The van der Waals surface area contributed by atoms with Gasteiger partial charge in [0.05, 0.1) is 16.6 Å². The Labute approximate surface area is 127 Å². The van der Waals surface area contributed by atoms with Gasteiger partial charge in [0.2, 0.25) is 0 Å². The highest BCUT2D eigenvalue weighted by Crippen LogP contribution is 2.25. The molecule has 0 heterocycles. The number of nitrogens with two attached hydrogens (primary N) is 1.